The Labute approximate surface area is 172 Å². The third kappa shape index (κ3) is 5.34. The lowest BCUT2D eigenvalue weighted by atomic mass is 9.78. The molecule has 2 amide bonds. The fraction of sp³-hybridized carbons (Fsp3) is 0.435. The van der Waals surface area contributed by atoms with Gasteiger partial charge in [-0.15, -0.1) is 13.2 Å². The number of esters is 1. The molecule has 2 rings (SSSR count). The Kier molecular flexibility index (Phi) is 7.01. The number of nitrogens with zero attached hydrogens (tertiary/aromatic N) is 1. The predicted molar refractivity (Wildman–Crippen MR) is 110 cm³/mol. The fourth-order valence-electron chi connectivity index (χ4n) is 3.46. The highest BCUT2D eigenvalue weighted by atomic mass is 16.6. The van der Waals surface area contributed by atoms with Crippen LogP contribution in [0.2, 0.25) is 0 Å². The second kappa shape index (κ2) is 9.07. The third-order valence-electron chi connectivity index (χ3n) is 4.72. The smallest absolute Gasteiger partial charge is 0.417 e. The van der Waals surface area contributed by atoms with Crippen LogP contribution in [0.25, 0.3) is 0 Å². The maximum Gasteiger partial charge on any atom is 0.417 e. The van der Waals surface area contributed by atoms with Crippen molar-refractivity contribution in [2.24, 2.45) is 5.41 Å². The maximum atomic E-state index is 13.2. The van der Waals surface area contributed by atoms with E-state index in [1.165, 1.54) is 0 Å². The van der Waals surface area contributed by atoms with Gasteiger partial charge in [0.05, 0.1) is 5.41 Å². The molecule has 1 fully saturated rings. The summed E-state index contributed by atoms with van der Waals surface area (Å²) in [5, 5.41) is 0. The van der Waals surface area contributed by atoms with E-state index in [0.717, 1.165) is 10.5 Å². The van der Waals surface area contributed by atoms with Gasteiger partial charge in [0, 0.05) is 0 Å². The van der Waals surface area contributed by atoms with Crippen molar-refractivity contribution in [3.05, 3.63) is 61.2 Å². The van der Waals surface area contributed by atoms with Crippen molar-refractivity contribution in [1.82, 2.24) is 4.90 Å². The van der Waals surface area contributed by atoms with Crippen molar-refractivity contribution in [3.63, 3.8) is 0 Å². The van der Waals surface area contributed by atoms with E-state index in [0.29, 0.717) is 12.8 Å². The minimum atomic E-state index is -1.05. The summed E-state index contributed by atoms with van der Waals surface area (Å²) in [5.41, 5.74) is -0.952. The molecule has 1 aliphatic heterocycles. The minimum Gasteiger partial charge on any atom is -0.459 e. The monoisotopic (exact) mass is 399 g/mol. The van der Waals surface area contributed by atoms with Gasteiger partial charge in [0.25, 0.3) is 0 Å². The third-order valence-corrected chi connectivity index (χ3v) is 4.72. The molecule has 1 atom stereocenters. The lowest BCUT2D eigenvalue weighted by Crippen LogP contribution is -2.47. The lowest BCUT2D eigenvalue weighted by molar-refractivity contribution is -0.152. The van der Waals surface area contributed by atoms with E-state index in [1.807, 2.05) is 30.3 Å². The van der Waals surface area contributed by atoms with Crippen LogP contribution in [0.4, 0.5) is 4.79 Å². The van der Waals surface area contributed by atoms with Gasteiger partial charge in [0.1, 0.15) is 18.2 Å². The number of allylic oxidation sites excluding steroid dienone is 2. The number of hydrogen-bond donors (Lipinski definition) is 0. The van der Waals surface area contributed by atoms with Crippen LogP contribution in [0.5, 0.6) is 0 Å². The minimum absolute atomic E-state index is 0.0580. The molecule has 0 N–H and O–H groups in total. The highest BCUT2D eigenvalue weighted by Gasteiger charge is 2.56. The standard InChI is InChI=1S/C23H29NO5/c1-6-13-23(14-7-2)15-18(19(25)28-16-17-11-9-8-10-12-17)24(20(23)26)21(27)29-22(3,4)5/h6-12,18H,1-2,13-16H2,3-5H3/t18-/m0/s1. The number of likely N-dealkylation sites (tertiary alicyclic amines) is 1. The van der Waals surface area contributed by atoms with Gasteiger partial charge in [0.2, 0.25) is 5.91 Å². The van der Waals surface area contributed by atoms with Crippen molar-refractivity contribution in [3.8, 4) is 0 Å². The zero-order valence-corrected chi connectivity index (χ0v) is 17.3. The highest BCUT2D eigenvalue weighted by Crippen LogP contribution is 2.43. The van der Waals surface area contributed by atoms with Gasteiger partial charge in [-0.05, 0) is 45.6 Å². The first-order valence-corrected chi connectivity index (χ1v) is 9.62. The summed E-state index contributed by atoms with van der Waals surface area (Å²) >= 11 is 0. The van der Waals surface area contributed by atoms with Gasteiger partial charge in [-0.3, -0.25) is 4.79 Å². The first-order valence-electron chi connectivity index (χ1n) is 9.62. The molecule has 1 aromatic carbocycles. The van der Waals surface area contributed by atoms with E-state index in [9.17, 15) is 14.4 Å². The lowest BCUT2D eigenvalue weighted by Gasteiger charge is -2.27. The summed E-state index contributed by atoms with van der Waals surface area (Å²) in [6.07, 6.45) is 3.16. The second-order valence-electron chi connectivity index (χ2n) is 8.23. The van der Waals surface area contributed by atoms with Crippen LogP contribution < -0.4 is 0 Å². The summed E-state index contributed by atoms with van der Waals surface area (Å²) in [6.45, 7) is 12.6. The Bertz CT molecular complexity index is 768. The summed E-state index contributed by atoms with van der Waals surface area (Å²) < 4.78 is 10.8. The molecule has 1 heterocycles. The number of carbonyl (C=O) groups is 3. The Balaban J connectivity index is 2.29. The predicted octanol–water partition coefficient (Wildman–Crippen LogP) is 4.40. The molecule has 0 spiro atoms. The molecule has 0 radical (unpaired) electrons. The van der Waals surface area contributed by atoms with Crippen LogP contribution in [0.3, 0.4) is 0 Å². The Morgan fingerprint density at radius 3 is 2.28 bits per heavy atom. The Morgan fingerprint density at radius 1 is 1.17 bits per heavy atom. The first-order chi connectivity index (χ1) is 13.6. The first kappa shape index (κ1) is 22.4. The second-order valence-corrected chi connectivity index (χ2v) is 8.23. The van der Waals surface area contributed by atoms with Gasteiger partial charge in [-0.2, -0.15) is 0 Å². The average Bonchev–Trinajstić information content (AvgIpc) is 2.92. The SMILES string of the molecule is C=CCC1(CC=C)C[C@@H](C(=O)OCc2ccccc2)N(C(=O)OC(C)(C)C)C1=O. The maximum absolute atomic E-state index is 13.2. The average molecular weight is 399 g/mol. The van der Waals surface area contributed by atoms with Gasteiger partial charge in [-0.25, -0.2) is 14.5 Å². The van der Waals surface area contributed by atoms with E-state index in [2.05, 4.69) is 13.2 Å². The molecule has 0 unspecified atom stereocenters. The zero-order valence-electron chi connectivity index (χ0n) is 17.3. The molecule has 6 heteroatoms. The normalized spacial score (nSPS) is 18.2. The Hall–Kier alpha value is -2.89. The zero-order chi connectivity index (χ0) is 21.7. The van der Waals surface area contributed by atoms with Crippen LogP contribution in [0.1, 0.15) is 45.6 Å². The number of amides is 2. The fourth-order valence-corrected chi connectivity index (χ4v) is 3.46. The Morgan fingerprint density at radius 2 is 1.76 bits per heavy atom. The van der Waals surface area contributed by atoms with Gasteiger partial charge in [-0.1, -0.05) is 42.5 Å². The van der Waals surface area contributed by atoms with Crippen molar-refractivity contribution in [2.75, 3.05) is 0 Å². The topological polar surface area (TPSA) is 72.9 Å². The number of imide groups is 1. The summed E-state index contributed by atoms with van der Waals surface area (Å²) in [6, 6.07) is 8.16. The summed E-state index contributed by atoms with van der Waals surface area (Å²) in [5.74, 6) is -1.10. The summed E-state index contributed by atoms with van der Waals surface area (Å²) in [4.78, 5) is 39.8. The largest absolute Gasteiger partial charge is 0.459 e. The van der Waals surface area contributed by atoms with E-state index in [1.54, 1.807) is 32.9 Å². The van der Waals surface area contributed by atoms with Gasteiger partial charge < -0.3 is 9.47 Å². The molecule has 1 aliphatic rings. The molecule has 29 heavy (non-hydrogen) atoms. The molecule has 0 bridgehead atoms. The van der Waals surface area contributed by atoms with Crippen LogP contribution in [0.15, 0.2) is 55.6 Å². The highest BCUT2D eigenvalue weighted by molar-refractivity contribution is 6.02. The van der Waals surface area contributed by atoms with Crippen LogP contribution in [-0.2, 0) is 25.7 Å². The van der Waals surface area contributed by atoms with Crippen LogP contribution in [-0.4, -0.2) is 34.5 Å². The molecule has 6 nitrogen and oxygen atoms in total. The van der Waals surface area contributed by atoms with Crippen molar-refractivity contribution in [2.45, 2.75) is 58.3 Å². The van der Waals surface area contributed by atoms with Crippen molar-refractivity contribution >= 4 is 18.0 Å². The van der Waals surface area contributed by atoms with E-state index in [-0.39, 0.29) is 13.0 Å². The van der Waals surface area contributed by atoms with Gasteiger partial charge >= 0.3 is 12.1 Å². The number of ether oxygens (including phenoxy) is 2. The number of hydrogen-bond acceptors (Lipinski definition) is 5. The van der Waals surface area contributed by atoms with E-state index >= 15 is 0 Å². The number of benzene rings is 1. The van der Waals surface area contributed by atoms with Crippen LogP contribution in [0, 0.1) is 5.41 Å². The molecule has 156 valence electrons. The van der Waals surface area contributed by atoms with Crippen molar-refractivity contribution < 1.29 is 23.9 Å². The molecular formula is C23H29NO5. The molecule has 0 saturated carbocycles. The number of carbonyl (C=O) groups excluding carboxylic acids is 3. The quantitative estimate of drug-likeness (QED) is 0.502. The van der Waals surface area contributed by atoms with Crippen LogP contribution >= 0.6 is 0 Å². The van der Waals surface area contributed by atoms with Gasteiger partial charge in [0.15, 0.2) is 0 Å². The van der Waals surface area contributed by atoms with Crippen molar-refractivity contribution in [1.29, 1.82) is 0 Å². The molecule has 1 saturated heterocycles. The molecule has 0 aromatic heterocycles. The molecule has 0 aliphatic carbocycles. The van der Waals surface area contributed by atoms with E-state index < -0.39 is 35.0 Å². The summed E-state index contributed by atoms with van der Waals surface area (Å²) in [7, 11) is 0. The molecular weight excluding hydrogens is 370 g/mol. The number of rotatable bonds is 7. The van der Waals surface area contributed by atoms with E-state index in [4.69, 9.17) is 9.47 Å². The molecule has 1 aromatic rings.